The fraction of sp³-hybridized carbons (Fsp3) is 0.333. The van der Waals surface area contributed by atoms with E-state index >= 15 is 0 Å². The monoisotopic (exact) mass is 368 g/mol. The minimum atomic E-state index is 0.0726. The normalized spacial score (nSPS) is 13.8. The van der Waals surface area contributed by atoms with E-state index in [1.54, 1.807) is 11.8 Å². The first-order chi connectivity index (χ1) is 12.7. The quantitative estimate of drug-likeness (QED) is 0.700. The summed E-state index contributed by atoms with van der Waals surface area (Å²) in [6.07, 6.45) is 1.09. The highest BCUT2D eigenvalue weighted by Gasteiger charge is 2.20. The summed E-state index contributed by atoms with van der Waals surface area (Å²) in [5.74, 6) is 1.90. The molecule has 0 amide bonds. The van der Waals surface area contributed by atoms with Crippen LogP contribution in [0.25, 0.3) is 0 Å². The van der Waals surface area contributed by atoms with Gasteiger partial charge in [-0.2, -0.15) is 0 Å². The molecule has 0 atom stereocenters. The van der Waals surface area contributed by atoms with Crippen molar-refractivity contribution in [1.82, 2.24) is 0 Å². The SMILES string of the molecule is CCOc1ccc(C(=O)CN(C2=NCCCS2)c2cccc(C)c2)cc1. The maximum atomic E-state index is 12.9. The average molecular weight is 369 g/mol. The molecule has 1 aliphatic rings. The Kier molecular flexibility index (Phi) is 6.34. The smallest absolute Gasteiger partial charge is 0.182 e. The first-order valence-electron chi connectivity index (χ1n) is 8.95. The highest BCUT2D eigenvalue weighted by molar-refractivity contribution is 8.14. The summed E-state index contributed by atoms with van der Waals surface area (Å²) >= 11 is 1.72. The molecule has 0 fully saturated rings. The van der Waals surface area contributed by atoms with Gasteiger partial charge in [-0.05, 0) is 62.2 Å². The highest BCUT2D eigenvalue weighted by Crippen LogP contribution is 2.24. The fourth-order valence-electron chi connectivity index (χ4n) is 2.82. The number of aliphatic imine (C=N–C) groups is 1. The maximum Gasteiger partial charge on any atom is 0.182 e. The molecule has 2 aromatic rings. The van der Waals surface area contributed by atoms with E-state index in [2.05, 4.69) is 24.0 Å². The molecule has 0 bridgehead atoms. The predicted octanol–water partition coefficient (Wildman–Crippen LogP) is 4.58. The fourth-order valence-corrected chi connectivity index (χ4v) is 3.78. The molecule has 4 nitrogen and oxygen atoms in total. The Bertz CT molecular complexity index is 787. The zero-order valence-corrected chi connectivity index (χ0v) is 16.1. The van der Waals surface area contributed by atoms with Crippen molar-refractivity contribution in [1.29, 1.82) is 0 Å². The Morgan fingerprint density at radius 1 is 1.23 bits per heavy atom. The number of thioether (sulfide) groups is 1. The maximum absolute atomic E-state index is 12.9. The van der Waals surface area contributed by atoms with Crippen molar-refractivity contribution in [3.8, 4) is 5.75 Å². The van der Waals surface area contributed by atoms with Gasteiger partial charge in [0.2, 0.25) is 0 Å². The van der Waals surface area contributed by atoms with Crippen molar-refractivity contribution in [3.63, 3.8) is 0 Å². The van der Waals surface area contributed by atoms with Crippen molar-refractivity contribution in [3.05, 3.63) is 59.7 Å². The first kappa shape index (κ1) is 18.5. The molecule has 5 heteroatoms. The van der Waals surface area contributed by atoms with Crippen molar-refractivity contribution < 1.29 is 9.53 Å². The number of rotatable bonds is 6. The Labute approximate surface area is 159 Å². The third-order valence-corrected chi connectivity index (χ3v) is 5.21. The molecular weight excluding hydrogens is 344 g/mol. The molecule has 0 aromatic heterocycles. The zero-order chi connectivity index (χ0) is 18.4. The molecule has 0 unspecified atom stereocenters. The minimum absolute atomic E-state index is 0.0726. The predicted molar refractivity (Wildman–Crippen MR) is 110 cm³/mol. The minimum Gasteiger partial charge on any atom is -0.494 e. The molecule has 0 aliphatic carbocycles. The van der Waals surface area contributed by atoms with Gasteiger partial charge in [0, 0.05) is 23.5 Å². The van der Waals surface area contributed by atoms with E-state index in [9.17, 15) is 4.79 Å². The Morgan fingerprint density at radius 3 is 2.69 bits per heavy atom. The van der Waals surface area contributed by atoms with Crippen LogP contribution in [0.1, 0.15) is 29.3 Å². The molecule has 26 heavy (non-hydrogen) atoms. The van der Waals surface area contributed by atoms with Crippen LogP contribution < -0.4 is 9.64 Å². The zero-order valence-electron chi connectivity index (χ0n) is 15.3. The van der Waals surface area contributed by atoms with Crippen molar-refractivity contribution in [2.24, 2.45) is 4.99 Å². The van der Waals surface area contributed by atoms with Crippen LogP contribution in [-0.4, -0.2) is 36.4 Å². The van der Waals surface area contributed by atoms with Gasteiger partial charge in [-0.3, -0.25) is 9.79 Å². The van der Waals surface area contributed by atoms with Crippen LogP contribution >= 0.6 is 11.8 Å². The van der Waals surface area contributed by atoms with Crippen molar-refractivity contribution >= 4 is 28.4 Å². The molecule has 136 valence electrons. The second-order valence-electron chi connectivity index (χ2n) is 6.17. The summed E-state index contributed by atoms with van der Waals surface area (Å²) in [6, 6.07) is 15.6. The van der Waals surface area contributed by atoms with E-state index in [1.165, 1.54) is 5.56 Å². The second kappa shape index (κ2) is 8.90. The molecule has 0 N–H and O–H groups in total. The number of carbonyl (C=O) groups is 1. The number of Topliss-reactive ketones (excluding diaryl/α,β-unsaturated/α-hetero) is 1. The molecule has 1 heterocycles. The summed E-state index contributed by atoms with van der Waals surface area (Å²) in [4.78, 5) is 19.6. The van der Waals surface area contributed by atoms with Crippen LogP contribution in [-0.2, 0) is 0 Å². The number of benzene rings is 2. The van der Waals surface area contributed by atoms with Crippen LogP contribution in [0.15, 0.2) is 53.5 Å². The van der Waals surface area contributed by atoms with Crippen LogP contribution in [0.3, 0.4) is 0 Å². The van der Waals surface area contributed by atoms with Gasteiger partial charge < -0.3 is 9.64 Å². The lowest BCUT2D eigenvalue weighted by atomic mass is 10.1. The average Bonchev–Trinajstić information content (AvgIpc) is 2.67. The summed E-state index contributed by atoms with van der Waals surface area (Å²) in [6.45, 7) is 5.73. The third-order valence-electron chi connectivity index (χ3n) is 4.11. The number of amidine groups is 1. The van der Waals surface area contributed by atoms with E-state index in [0.717, 1.165) is 35.3 Å². The van der Waals surface area contributed by atoms with Gasteiger partial charge in [-0.1, -0.05) is 23.9 Å². The van der Waals surface area contributed by atoms with Crippen molar-refractivity contribution in [2.75, 3.05) is 30.3 Å². The largest absolute Gasteiger partial charge is 0.494 e. The topological polar surface area (TPSA) is 41.9 Å². The number of hydrogen-bond donors (Lipinski definition) is 0. The van der Waals surface area contributed by atoms with Crippen LogP contribution in [0.5, 0.6) is 5.75 Å². The molecule has 2 aromatic carbocycles. The van der Waals surface area contributed by atoms with Gasteiger partial charge in [0.05, 0.1) is 13.2 Å². The number of aryl methyl sites for hydroxylation is 1. The lowest BCUT2D eigenvalue weighted by Crippen LogP contribution is -2.35. The standard InChI is InChI=1S/C21H24N2O2S/c1-3-25-19-10-8-17(9-11-19)20(24)15-23(21-22-12-5-13-26-21)18-7-4-6-16(2)14-18/h4,6-11,14H,3,5,12-13,15H2,1-2H3. The van der Waals surface area contributed by atoms with Crippen LogP contribution in [0.4, 0.5) is 5.69 Å². The van der Waals surface area contributed by atoms with E-state index in [4.69, 9.17) is 4.74 Å². The molecule has 0 radical (unpaired) electrons. The van der Waals surface area contributed by atoms with Gasteiger partial charge in [0.25, 0.3) is 0 Å². The number of ether oxygens (including phenoxy) is 1. The second-order valence-corrected chi connectivity index (χ2v) is 7.23. The Balaban J connectivity index is 1.82. The summed E-state index contributed by atoms with van der Waals surface area (Å²) in [5.41, 5.74) is 2.87. The number of anilines is 1. The van der Waals surface area contributed by atoms with Gasteiger partial charge >= 0.3 is 0 Å². The Hall–Kier alpha value is -2.27. The van der Waals surface area contributed by atoms with Gasteiger partial charge in [-0.25, -0.2) is 0 Å². The van der Waals surface area contributed by atoms with E-state index in [1.807, 2.05) is 48.2 Å². The summed E-state index contributed by atoms with van der Waals surface area (Å²) < 4.78 is 5.46. The number of nitrogens with zero attached hydrogens (tertiary/aromatic N) is 2. The number of carbonyl (C=O) groups excluding carboxylic acids is 1. The number of ketones is 1. The summed E-state index contributed by atoms with van der Waals surface area (Å²) in [7, 11) is 0. The molecule has 0 saturated carbocycles. The molecule has 1 aliphatic heterocycles. The molecule has 3 rings (SSSR count). The Morgan fingerprint density at radius 2 is 2.04 bits per heavy atom. The van der Waals surface area contributed by atoms with Crippen molar-refractivity contribution in [2.45, 2.75) is 20.3 Å². The lowest BCUT2D eigenvalue weighted by molar-refractivity contribution is 0.100. The van der Waals surface area contributed by atoms with Gasteiger partial charge in [0.1, 0.15) is 5.75 Å². The summed E-state index contributed by atoms with van der Waals surface area (Å²) in [5, 5.41) is 0.932. The van der Waals surface area contributed by atoms with E-state index in [0.29, 0.717) is 12.2 Å². The number of hydrogen-bond acceptors (Lipinski definition) is 5. The highest BCUT2D eigenvalue weighted by atomic mass is 32.2. The van der Waals surface area contributed by atoms with Crippen LogP contribution in [0.2, 0.25) is 0 Å². The van der Waals surface area contributed by atoms with Gasteiger partial charge in [0.15, 0.2) is 11.0 Å². The van der Waals surface area contributed by atoms with Gasteiger partial charge in [-0.15, -0.1) is 0 Å². The molecule has 0 saturated heterocycles. The molecule has 0 spiro atoms. The lowest BCUT2D eigenvalue weighted by Gasteiger charge is -2.27. The van der Waals surface area contributed by atoms with Crippen LogP contribution in [0, 0.1) is 6.92 Å². The molecular formula is C21H24N2O2S. The third kappa shape index (κ3) is 4.67. The van der Waals surface area contributed by atoms with E-state index in [-0.39, 0.29) is 12.3 Å². The van der Waals surface area contributed by atoms with E-state index < -0.39 is 0 Å². The first-order valence-corrected chi connectivity index (χ1v) is 9.93.